The highest BCUT2D eigenvalue weighted by Gasteiger charge is 2.22. The minimum absolute atomic E-state index is 0.0887. The van der Waals surface area contributed by atoms with Crippen LogP contribution in [0.2, 0.25) is 0 Å². The number of fused-ring (bicyclic) bond motifs is 1. The highest BCUT2D eigenvalue weighted by molar-refractivity contribution is 7.13. The summed E-state index contributed by atoms with van der Waals surface area (Å²) in [6.07, 6.45) is -0.833. The van der Waals surface area contributed by atoms with E-state index in [-0.39, 0.29) is 25.2 Å². The van der Waals surface area contributed by atoms with Crippen molar-refractivity contribution >= 4 is 33.3 Å². The Balaban J connectivity index is 1.31. The Bertz CT molecular complexity index is 1080. The van der Waals surface area contributed by atoms with Gasteiger partial charge in [-0.25, -0.2) is 9.78 Å². The number of carbonyl (C=O) groups is 1. The van der Waals surface area contributed by atoms with Crippen molar-refractivity contribution in [3.05, 3.63) is 53.5 Å². The summed E-state index contributed by atoms with van der Waals surface area (Å²) in [7, 11) is 0. The van der Waals surface area contributed by atoms with Gasteiger partial charge in [-0.3, -0.25) is 10.2 Å². The summed E-state index contributed by atoms with van der Waals surface area (Å²) in [5, 5.41) is 18.1. The minimum Gasteiger partial charge on any atom is -0.490 e. The third kappa shape index (κ3) is 6.44. The van der Waals surface area contributed by atoms with Crippen LogP contribution in [0.1, 0.15) is 19.5 Å². The highest BCUT2D eigenvalue weighted by Crippen LogP contribution is 2.25. The second-order valence-electron chi connectivity index (χ2n) is 8.65. The van der Waals surface area contributed by atoms with E-state index in [1.165, 1.54) is 11.3 Å². The first-order valence-electron chi connectivity index (χ1n) is 11.6. The molecule has 0 spiro atoms. The van der Waals surface area contributed by atoms with E-state index in [9.17, 15) is 9.90 Å². The van der Waals surface area contributed by atoms with Gasteiger partial charge in [0.1, 0.15) is 18.5 Å². The third-order valence-electron chi connectivity index (χ3n) is 5.73. The average molecular weight is 485 g/mol. The van der Waals surface area contributed by atoms with E-state index >= 15 is 0 Å². The molecule has 8 nitrogen and oxygen atoms in total. The van der Waals surface area contributed by atoms with Crippen LogP contribution in [0.15, 0.2) is 47.8 Å². The number of anilines is 1. The van der Waals surface area contributed by atoms with Gasteiger partial charge < -0.3 is 19.5 Å². The van der Waals surface area contributed by atoms with Crippen molar-refractivity contribution in [2.75, 3.05) is 44.8 Å². The first-order chi connectivity index (χ1) is 16.5. The molecular weight excluding hydrogens is 452 g/mol. The first kappa shape index (κ1) is 24.4. The summed E-state index contributed by atoms with van der Waals surface area (Å²) in [5.74, 6) is 0.716. The quantitative estimate of drug-likeness (QED) is 0.480. The number of amides is 2. The lowest BCUT2D eigenvalue weighted by atomic mass is 10.1. The fourth-order valence-corrected chi connectivity index (χ4v) is 4.60. The largest absolute Gasteiger partial charge is 0.490 e. The van der Waals surface area contributed by atoms with E-state index in [0.717, 1.165) is 49.3 Å². The lowest BCUT2D eigenvalue weighted by Crippen LogP contribution is -2.45. The fourth-order valence-electron chi connectivity index (χ4n) is 3.90. The van der Waals surface area contributed by atoms with E-state index in [0.29, 0.717) is 10.9 Å². The number of aromatic nitrogens is 1. The van der Waals surface area contributed by atoms with E-state index in [4.69, 9.17) is 9.47 Å². The predicted octanol–water partition coefficient (Wildman–Crippen LogP) is 3.81. The van der Waals surface area contributed by atoms with Gasteiger partial charge in [-0.2, -0.15) is 0 Å². The monoisotopic (exact) mass is 484 g/mol. The number of ether oxygens (including phenoxy) is 2. The molecule has 9 heteroatoms. The summed E-state index contributed by atoms with van der Waals surface area (Å²) in [5.41, 5.74) is 0.932. The van der Waals surface area contributed by atoms with Crippen molar-refractivity contribution in [1.82, 2.24) is 14.8 Å². The van der Waals surface area contributed by atoms with Gasteiger partial charge in [-0.1, -0.05) is 36.4 Å². The molecule has 182 valence electrons. The zero-order valence-corrected chi connectivity index (χ0v) is 20.5. The van der Waals surface area contributed by atoms with Crippen LogP contribution in [-0.2, 0) is 11.3 Å². The Morgan fingerprint density at radius 3 is 2.79 bits per heavy atom. The molecule has 1 fully saturated rings. The van der Waals surface area contributed by atoms with Crippen molar-refractivity contribution in [2.45, 2.75) is 32.5 Å². The smallest absolute Gasteiger partial charge is 0.323 e. The molecule has 2 aromatic carbocycles. The topological polar surface area (TPSA) is 87.2 Å². The van der Waals surface area contributed by atoms with Crippen LogP contribution in [0.25, 0.3) is 10.8 Å². The van der Waals surface area contributed by atoms with Gasteiger partial charge in [0.25, 0.3) is 0 Å². The Morgan fingerprint density at radius 1 is 1.24 bits per heavy atom. The van der Waals surface area contributed by atoms with Gasteiger partial charge in [0.05, 0.1) is 25.5 Å². The van der Waals surface area contributed by atoms with Crippen molar-refractivity contribution in [3.63, 3.8) is 0 Å². The Kier molecular flexibility index (Phi) is 8.34. The normalized spacial score (nSPS) is 15.4. The Hall–Kier alpha value is -2.72. The molecule has 0 radical (unpaired) electrons. The molecule has 34 heavy (non-hydrogen) atoms. The maximum atomic E-state index is 12.9. The van der Waals surface area contributed by atoms with E-state index in [1.807, 2.05) is 61.7 Å². The van der Waals surface area contributed by atoms with E-state index in [1.54, 1.807) is 4.90 Å². The molecule has 1 aromatic heterocycles. The zero-order valence-electron chi connectivity index (χ0n) is 19.6. The standard InChI is InChI=1S/C25H32N4O4S/c1-18(2)29(15-21(30)16-33-23-9-5-7-19-6-3-4-8-22(19)23)25(31)27-24-26-20(17-34-24)14-28-10-12-32-13-11-28/h3-9,17-18,21,30H,10-16H2,1-2H3,(H,26,27,31). The molecule has 1 aliphatic heterocycles. The lowest BCUT2D eigenvalue weighted by molar-refractivity contribution is 0.0337. The van der Waals surface area contributed by atoms with Gasteiger partial charge in [0.15, 0.2) is 5.13 Å². The Labute approximate surface area is 204 Å². The van der Waals surface area contributed by atoms with Crippen molar-refractivity contribution in [1.29, 1.82) is 0 Å². The number of carbonyl (C=O) groups excluding carboxylic acids is 1. The van der Waals surface area contributed by atoms with Gasteiger partial charge in [0, 0.05) is 36.4 Å². The number of aliphatic hydroxyl groups is 1. The van der Waals surface area contributed by atoms with Gasteiger partial charge >= 0.3 is 6.03 Å². The van der Waals surface area contributed by atoms with Crippen molar-refractivity contribution in [3.8, 4) is 5.75 Å². The number of thiazole rings is 1. The molecule has 2 heterocycles. The molecule has 0 aliphatic carbocycles. The Morgan fingerprint density at radius 2 is 2.00 bits per heavy atom. The number of benzene rings is 2. The molecule has 3 aromatic rings. The van der Waals surface area contributed by atoms with Crippen LogP contribution in [0.5, 0.6) is 5.75 Å². The second-order valence-corrected chi connectivity index (χ2v) is 9.51. The predicted molar refractivity (Wildman–Crippen MR) is 135 cm³/mol. The molecule has 0 saturated carbocycles. The summed E-state index contributed by atoms with van der Waals surface area (Å²) in [6.45, 7) is 8.08. The molecule has 1 unspecified atom stereocenters. The minimum atomic E-state index is -0.833. The van der Waals surface area contributed by atoms with Crippen LogP contribution in [0.3, 0.4) is 0 Å². The highest BCUT2D eigenvalue weighted by atomic mass is 32.1. The van der Waals surface area contributed by atoms with E-state index in [2.05, 4.69) is 15.2 Å². The van der Waals surface area contributed by atoms with Crippen LogP contribution >= 0.6 is 11.3 Å². The number of nitrogens with one attached hydrogen (secondary N) is 1. The summed E-state index contributed by atoms with van der Waals surface area (Å²) in [6, 6.07) is 13.4. The molecule has 1 saturated heterocycles. The maximum absolute atomic E-state index is 12.9. The number of nitrogens with zero attached hydrogens (tertiary/aromatic N) is 3. The molecule has 1 aliphatic rings. The maximum Gasteiger partial charge on any atom is 0.323 e. The number of hydrogen-bond donors (Lipinski definition) is 2. The summed E-state index contributed by atoms with van der Waals surface area (Å²) < 4.78 is 11.3. The molecular formula is C25H32N4O4S. The zero-order chi connectivity index (χ0) is 23.9. The number of rotatable bonds is 9. The number of aliphatic hydroxyl groups excluding tert-OH is 1. The molecule has 0 bridgehead atoms. The summed E-state index contributed by atoms with van der Waals surface area (Å²) >= 11 is 1.41. The third-order valence-corrected chi connectivity index (χ3v) is 6.53. The molecule has 2 amide bonds. The van der Waals surface area contributed by atoms with Crippen LogP contribution in [0, 0.1) is 0 Å². The van der Waals surface area contributed by atoms with Crippen LogP contribution in [-0.4, -0.2) is 77.5 Å². The van der Waals surface area contributed by atoms with Crippen LogP contribution in [0.4, 0.5) is 9.93 Å². The average Bonchev–Trinajstić information content (AvgIpc) is 3.28. The van der Waals surface area contributed by atoms with Gasteiger partial charge in [-0.15, -0.1) is 11.3 Å². The number of hydrogen-bond acceptors (Lipinski definition) is 7. The fraction of sp³-hybridized carbons (Fsp3) is 0.440. The SMILES string of the molecule is CC(C)N(CC(O)COc1cccc2ccccc12)C(=O)Nc1nc(CN2CCOCC2)cs1. The van der Waals surface area contributed by atoms with E-state index < -0.39 is 6.10 Å². The molecule has 4 rings (SSSR count). The number of urea groups is 1. The van der Waals surface area contributed by atoms with Crippen molar-refractivity contribution < 1.29 is 19.4 Å². The number of morpholine rings is 1. The lowest BCUT2D eigenvalue weighted by Gasteiger charge is -2.28. The first-order valence-corrected chi connectivity index (χ1v) is 12.5. The molecule has 1 atom stereocenters. The molecule has 2 N–H and O–H groups in total. The van der Waals surface area contributed by atoms with Gasteiger partial charge in [-0.05, 0) is 25.3 Å². The van der Waals surface area contributed by atoms with Crippen LogP contribution < -0.4 is 10.1 Å². The van der Waals surface area contributed by atoms with Crippen molar-refractivity contribution in [2.24, 2.45) is 0 Å². The summed E-state index contributed by atoms with van der Waals surface area (Å²) in [4.78, 5) is 21.4. The second kappa shape index (κ2) is 11.6. The van der Waals surface area contributed by atoms with Gasteiger partial charge in [0.2, 0.25) is 0 Å².